The molecule has 2 heteroatoms. The monoisotopic (exact) mass is 260 g/mol. The molecule has 0 saturated heterocycles. The molecular weight excluding hydrogens is 244 g/mol. The number of rotatable bonds is 3. The van der Waals surface area contributed by atoms with Crippen LogP contribution in [0.5, 0.6) is 0 Å². The van der Waals surface area contributed by atoms with Crippen molar-refractivity contribution in [1.82, 2.24) is 0 Å². The highest BCUT2D eigenvalue weighted by atomic mass is 35.5. The molecule has 1 N–H and O–H groups in total. The Morgan fingerprint density at radius 2 is 1.72 bits per heavy atom. The van der Waals surface area contributed by atoms with Gasteiger partial charge < -0.3 is 5.11 Å². The van der Waals surface area contributed by atoms with Gasteiger partial charge in [0.05, 0.1) is 0 Å². The first kappa shape index (κ1) is 13.1. The van der Waals surface area contributed by atoms with Crippen molar-refractivity contribution in [3.8, 4) is 0 Å². The van der Waals surface area contributed by atoms with Crippen LogP contribution in [0.1, 0.15) is 30.0 Å². The summed E-state index contributed by atoms with van der Waals surface area (Å²) in [5.41, 5.74) is 1.78. The van der Waals surface area contributed by atoms with Gasteiger partial charge in [0.15, 0.2) is 0 Å². The fourth-order valence-corrected chi connectivity index (χ4v) is 2.32. The van der Waals surface area contributed by atoms with E-state index in [4.69, 9.17) is 11.6 Å². The summed E-state index contributed by atoms with van der Waals surface area (Å²) in [5.74, 6) is 0. The number of aliphatic hydroxyl groups is 1. The second-order valence-corrected chi connectivity index (χ2v) is 4.95. The molecule has 2 aromatic rings. The Bertz CT molecular complexity index is 536. The summed E-state index contributed by atoms with van der Waals surface area (Å²) < 4.78 is 0. The van der Waals surface area contributed by atoms with Crippen LogP contribution >= 0.6 is 11.6 Å². The molecule has 2 rings (SSSR count). The number of halogens is 1. The second kappa shape index (κ2) is 5.13. The van der Waals surface area contributed by atoms with Crippen LogP contribution in [0.3, 0.4) is 0 Å². The Morgan fingerprint density at radius 3 is 2.28 bits per heavy atom. The van der Waals surface area contributed by atoms with Gasteiger partial charge in [-0.15, -0.1) is 0 Å². The molecule has 0 radical (unpaired) electrons. The quantitative estimate of drug-likeness (QED) is 0.873. The van der Waals surface area contributed by atoms with Crippen molar-refractivity contribution < 1.29 is 5.11 Å². The maximum atomic E-state index is 10.9. The van der Waals surface area contributed by atoms with Crippen LogP contribution in [0, 0.1) is 6.92 Å². The van der Waals surface area contributed by atoms with Crippen LogP contribution in [-0.4, -0.2) is 5.11 Å². The van der Waals surface area contributed by atoms with Gasteiger partial charge in [0, 0.05) is 5.02 Å². The number of hydrogen-bond donors (Lipinski definition) is 1. The molecule has 1 nitrogen and oxygen atoms in total. The second-order valence-electron chi connectivity index (χ2n) is 4.54. The lowest BCUT2D eigenvalue weighted by Crippen LogP contribution is -2.26. The van der Waals surface area contributed by atoms with Crippen LogP contribution < -0.4 is 0 Å². The molecule has 0 bridgehead atoms. The van der Waals surface area contributed by atoms with Crippen LogP contribution in [0.15, 0.2) is 48.5 Å². The highest BCUT2D eigenvalue weighted by Gasteiger charge is 2.29. The third-order valence-electron chi connectivity index (χ3n) is 3.41. The van der Waals surface area contributed by atoms with Gasteiger partial charge in [-0.2, -0.15) is 0 Å². The Balaban J connectivity index is 2.53. The maximum absolute atomic E-state index is 10.9. The van der Waals surface area contributed by atoms with Crippen molar-refractivity contribution in [3.05, 3.63) is 70.2 Å². The van der Waals surface area contributed by atoms with E-state index in [0.717, 1.165) is 16.7 Å². The van der Waals surface area contributed by atoms with Crippen molar-refractivity contribution in [2.75, 3.05) is 0 Å². The van der Waals surface area contributed by atoms with Gasteiger partial charge in [-0.25, -0.2) is 0 Å². The van der Waals surface area contributed by atoms with E-state index in [-0.39, 0.29) is 0 Å². The topological polar surface area (TPSA) is 20.2 Å². The van der Waals surface area contributed by atoms with Crippen LogP contribution in [0.25, 0.3) is 0 Å². The Hall–Kier alpha value is -1.31. The standard InChI is InChI=1S/C16H17ClO/c1-3-16(18,13-7-5-4-6-8-13)14-10-9-12(2)15(17)11-14/h4-11,18H,3H2,1-2H3. The fourth-order valence-electron chi connectivity index (χ4n) is 2.14. The number of benzene rings is 2. The average Bonchev–Trinajstić information content (AvgIpc) is 2.42. The van der Waals surface area contributed by atoms with Crippen molar-refractivity contribution in [1.29, 1.82) is 0 Å². The van der Waals surface area contributed by atoms with Crippen LogP contribution in [-0.2, 0) is 5.60 Å². The first-order valence-electron chi connectivity index (χ1n) is 6.12. The van der Waals surface area contributed by atoms with E-state index in [9.17, 15) is 5.11 Å². The normalized spacial score (nSPS) is 14.2. The molecule has 0 aliphatic heterocycles. The largest absolute Gasteiger partial charge is 0.380 e. The first-order valence-corrected chi connectivity index (χ1v) is 6.50. The summed E-state index contributed by atoms with van der Waals surface area (Å²) in [7, 11) is 0. The van der Waals surface area contributed by atoms with Gasteiger partial charge in [0.2, 0.25) is 0 Å². The Morgan fingerprint density at radius 1 is 1.06 bits per heavy atom. The maximum Gasteiger partial charge on any atom is 0.114 e. The summed E-state index contributed by atoms with van der Waals surface area (Å²) in [5, 5.41) is 11.6. The SMILES string of the molecule is CCC(O)(c1ccccc1)c1ccc(C)c(Cl)c1. The summed E-state index contributed by atoms with van der Waals surface area (Å²) in [6.07, 6.45) is 0.608. The fraction of sp³-hybridized carbons (Fsp3) is 0.250. The third-order valence-corrected chi connectivity index (χ3v) is 3.82. The molecule has 0 saturated carbocycles. The molecule has 0 amide bonds. The highest BCUT2D eigenvalue weighted by Crippen LogP contribution is 2.34. The zero-order chi connectivity index (χ0) is 13.2. The first-order chi connectivity index (χ1) is 8.58. The third kappa shape index (κ3) is 2.29. The van der Waals surface area contributed by atoms with Crippen molar-refractivity contribution in [2.45, 2.75) is 25.9 Å². The van der Waals surface area contributed by atoms with Crippen molar-refractivity contribution in [3.63, 3.8) is 0 Å². The predicted octanol–water partition coefficient (Wildman–Crippen LogP) is 4.29. The van der Waals surface area contributed by atoms with E-state index in [1.165, 1.54) is 0 Å². The van der Waals surface area contributed by atoms with Crippen molar-refractivity contribution in [2.24, 2.45) is 0 Å². The smallest absolute Gasteiger partial charge is 0.114 e. The van der Waals surface area contributed by atoms with Crippen LogP contribution in [0.4, 0.5) is 0 Å². The molecule has 0 aromatic heterocycles. The molecule has 0 fully saturated rings. The Kier molecular flexibility index (Phi) is 3.74. The van der Waals surface area contributed by atoms with Gasteiger partial charge >= 0.3 is 0 Å². The zero-order valence-electron chi connectivity index (χ0n) is 10.7. The molecular formula is C16H17ClO. The number of aryl methyl sites for hydroxylation is 1. The zero-order valence-corrected chi connectivity index (χ0v) is 11.4. The van der Waals surface area contributed by atoms with E-state index in [1.54, 1.807) is 0 Å². The van der Waals surface area contributed by atoms with E-state index < -0.39 is 5.60 Å². The highest BCUT2D eigenvalue weighted by molar-refractivity contribution is 6.31. The summed E-state index contributed by atoms with van der Waals surface area (Å²) in [4.78, 5) is 0. The summed E-state index contributed by atoms with van der Waals surface area (Å²) in [6, 6.07) is 15.4. The van der Waals surface area contributed by atoms with Crippen LogP contribution in [0.2, 0.25) is 5.02 Å². The molecule has 0 heterocycles. The lowest BCUT2D eigenvalue weighted by molar-refractivity contribution is 0.0765. The predicted molar refractivity (Wildman–Crippen MR) is 75.9 cm³/mol. The minimum Gasteiger partial charge on any atom is -0.380 e. The molecule has 0 spiro atoms. The van der Waals surface area contributed by atoms with E-state index >= 15 is 0 Å². The summed E-state index contributed by atoms with van der Waals surface area (Å²) >= 11 is 6.15. The average molecular weight is 261 g/mol. The molecule has 1 unspecified atom stereocenters. The minimum atomic E-state index is -0.974. The van der Waals surface area contributed by atoms with Gasteiger partial charge in [0.25, 0.3) is 0 Å². The van der Waals surface area contributed by atoms with Gasteiger partial charge in [-0.1, -0.05) is 61.0 Å². The molecule has 0 aliphatic carbocycles. The van der Waals surface area contributed by atoms with Gasteiger partial charge in [-0.05, 0) is 36.1 Å². The van der Waals surface area contributed by atoms with E-state index in [2.05, 4.69) is 0 Å². The molecule has 1 atom stereocenters. The van der Waals surface area contributed by atoms with Crippen molar-refractivity contribution >= 4 is 11.6 Å². The lowest BCUT2D eigenvalue weighted by Gasteiger charge is -2.28. The molecule has 0 aliphatic rings. The Labute approximate surface area is 113 Å². The minimum absolute atomic E-state index is 0.608. The molecule has 18 heavy (non-hydrogen) atoms. The molecule has 94 valence electrons. The number of hydrogen-bond acceptors (Lipinski definition) is 1. The summed E-state index contributed by atoms with van der Waals surface area (Å²) in [6.45, 7) is 3.93. The van der Waals surface area contributed by atoms with E-state index in [1.807, 2.05) is 62.4 Å². The van der Waals surface area contributed by atoms with Gasteiger partial charge in [0.1, 0.15) is 5.60 Å². The molecule has 2 aromatic carbocycles. The lowest BCUT2D eigenvalue weighted by atomic mass is 9.84. The van der Waals surface area contributed by atoms with E-state index in [0.29, 0.717) is 11.4 Å². The van der Waals surface area contributed by atoms with Gasteiger partial charge in [-0.3, -0.25) is 0 Å².